The van der Waals surface area contributed by atoms with E-state index in [-0.39, 0.29) is 0 Å². The summed E-state index contributed by atoms with van der Waals surface area (Å²) in [5.41, 5.74) is 2.58. The van der Waals surface area contributed by atoms with Crippen LogP contribution >= 0.6 is 34.4 Å². The molecular weight excluding hydrogens is 417 g/mol. The Kier molecular flexibility index (Phi) is 5.72. The van der Waals surface area contributed by atoms with Crippen LogP contribution in [0.2, 0.25) is 0 Å². The number of benzene rings is 2. The first-order valence-corrected chi connectivity index (χ1v) is 9.66. The lowest BCUT2D eigenvalue weighted by Crippen LogP contribution is -2.04. The summed E-state index contributed by atoms with van der Waals surface area (Å²) in [5, 5.41) is 9.79. The van der Waals surface area contributed by atoms with Crippen LogP contribution in [0.15, 0.2) is 59.8 Å². The van der Waals surface area contributed by atoms with Gasteiger partial charge in [-0.25, -0.2) is 0 Å². The number of hydrogen-bond acceptors (Lipinski definition) is 3. The van der Waals surface area contributed by atoms with Crippen molar-refractivity contribution in [1.82, 2.24) is 14.8 Å². The van der Waals surface area contributed by atoms with E-state index in [0.717, 1.165) is 29.7 Å². The zero-order valence-electron chi connectivity index (χ0n) is 12.9. The van der Waals surface area contributed by atoms with Gasteiger partial charge in [0.15, 0.2) is 5.16 Å². The molecule has 0 fully saturated rings. The van der Waals surface area contributed by atoms with Gasteiger partial charge in [0.2, 0.25) is 0 Å². The number of aromatic nitrogens is 3. The molecule has 0 saturated heterocycles. The van der Waals surface area contributed by atoms with Crippen molar-refractivity contribution >= 4 is 34.4 Å². The second-order valence-electron chi connectivity index (χ2n) is 5.22. The smallest absolute Gasteiger partial charge is 0.191 e. The maximum atomic E-state index is 4.40. The highest BCUT2D eigenvalue weighted by Gasteiger charge is 2.11. The molecule has 0 radical (unpaired) electrons. The highest BCUT2D eigenvalue weighted by atomic mass is 127. The molecule has 0 saturated carbocycles. The van der Waals surface area contributed by atoms with Crippen molar-refractivity contribution in [2.45, 2.75) is 30.8 Å². The van der Waals surface area contributed by atoms with Crippen molar-refractivity contribution in [2.24, 2.45) is 0 Å². The minimum atomic E-state index is 0.825. The monoisotopic (exact) mass is 435 g/mol. The summed E-state index contributed by atoms with van der Waals surface area (Å²) >= 11 is 4.08. The Morgan fingerprint density at radius 2 is 1.70 bits per heavy atom. The SMILES string of the molecule is CCn1c(Cc2ccccc2)nnc1SCc1ccc(I)cc1. The molecule has 0 bridgehead atoms. The Morgan fingerprint density at radius 1 is 0.957 bits per heavy atom. The Balaban J connectivity index is 1.71. The zero-order valence-corrected chi connectivity index (χ0v) is 15.9. The molecule has 118 valence electrons. The fourth-order valence-electron chi connectivity index (χ4n) is 2.38. The average molecular weight is 435 g/mol. The van der Waals surface area contributed by atoms with Crippen molar-refractivity contribution in [3.05, 3.63) is 75.1 Å². The molecule has 3 rings (SSSR count). The molecule has 0 spiro atoms. The van der Waals surface area contributed by atoms with Crippen LogP contribution in [0.25, 0.3) is 0 Å². The highest BCUT2D eigenvalue weighted by Crippen LogP contribution is 2.23. The number of halogens is 1. The number of rotatable bonds is 6. The van der Waals surface area contributed by atoms with Gasteiger partial charge in [0.1, 0.15) is 5.82 Å². The van der Waals surface area contributed by atoms with Gasteiger partial charge in [-0.05, 0) is 52.8 Å². The van der Waals surface area contributed by atoms with Crippen molar-refractivity contribution < 1.29 is 0 Å². The van der Waals surface area contributed by atoms with E-state index in [1.54, 1.807) is 11.8 Å². The van der Waals surface area contributed by atoms with E-state index in [1.165, 1.54) is 14.7 Å². The molecule has 0 atom stereocenters. The maximum absolute atomic E-state index is 4.40. The van der Waals surface area contributed by atoms with Crippen LogP contribution in [0.1, 0.15) is 23.9 Å². The highest BCUT2D eigenvalue weighted by molar-refractivity contribution is 14.1. The molecule has 0 amide bonds. The molecule has 1 heterocycles. The van der Waals surface area contributed by atoms with Gasteiger partial charge in [-0.3, -0.25) is 0 Å². The third kappa shape index (κ3) is 4.35. The van der Waals surface area contributed by atoms with E-state index in [1.807, 2.05) is 6.07 Å². The fraction of sp³-hybridized carbons (Fsp3) is 0.222. The third-order valence-corrected chi connectivity index (χ3v) is 5.35. The van der Waals surface area contributed by atoms with Gasteiger partial charge in [-0.15, -0.1) is 10.2 Å². The molecule has 0 aliphatic rings. The normalized spacial score (nSPS) is 10.9. The van der Waals surface area contributed by atoms with Crippen molar-refractivity contribution in [3.63, 3.8) is 0 Å². The first-order chi connectivity index (χ1) is 11.3. The molecule has 0 aliphatic heterocycles. The van der Waals surface area contributed by atoms with Crippen LogP contribution in [0.3, 0.4) is 0 Å². The Hall–Kier alpha value is -1.34. The van der Waals surface area contributed by atoms with Gasteiger partial charge in [0.25, 0.3) is 0 Å². The van der Waals surface area contributed by atoms with Crippen molar-refractivity contribution in [2.75, 3.05) is 0 Å². The van der Waals surface area contributed by atoms with Crippen LogP contribution in [0.5, 0.6) is 0 Å². The zero-order chi connectivity index (χ0) is 16.1. The maximum Gasteiger partial charge on any atom is 0.191 e. The number of nitrogens with zero attached hydrogens (tertiary/aromatic N) is 3. The molecule has 23 heavy (non-hydrogen) atoms. The van der Waals surface area contributed by atoms with E-state index >= 15 is 0 Å². The largest absolute Gasteiger partial charge is 0.306 e. The molecule has 2 aromatic carbocycles. The molecule has 3 aromatic rings. The van der Waals surface area contributed by atoms with Gasteiger partial charge in [-0.2, -0.15) is 0 Å². The predicted octanol–water partition coefficient (Wildman–Crippen LogP) is 4.79. The van der Waals surface area contributed by atoms with E-state index in [0.29, 0.717) is 0 Å². The minimum absolute atomic E-state index is 0.825. The standard InChI is InChI=1S/C18H18IN3S/c1-2-22-17(12-14-6-4-3-5-7-14)20-21-18(22)23-13-15-8-10-16(19)11-9-15/h3-11H,2,12-13H2,1H3. The minimum Gasteiger partial charge on any atom is -0.306 e. The predicted molar refractivity (Wildman–Crippen MR) is 104 cm³/mol. The summed E-state index contributed by atoms with van der Waals surface area (Å²) in [4.78, 5) is 0. The van der Waals surface area contributed by atoms with Gasteiger partial charge in [0.05, 0.1) is 0 Å². The summed E-state index contributed by atoms with van der Waals surface area (Å²) < 4.78 is 3.47. The summed E-state index contributed by atoms with van der Waals surface area (Å²) in [6.07, 6.45) is 0.825. The lowest BCUT2D eigenvalue weighted by Gasteiger charge is -2.07. The number of hydrogen-bond donors (Lipinski definition) is 0. The van der Waals surface area contributed by atoms with E-state index < -0.39 is 0 Å². The van der Waals surface area contributed by atoms with E-state index in [9.17, 15) is 0 Å². The fourth-order valence-corrected chi connectivity index (χ4v) is 3.72. The lowest BCUT2D eigenvalue weighted by molar-refractivity contribution is 0.651. The molecule has 0 N–H and O–H groups in total. The topological polar surface area (TPSA) is 30.7 Å². The van der Waals surface area contributed by atoms with E-state index in [2.05, 4.69) is 92.8 Å². The van der Waals surface area contributed by atoms with Crippen LogP contribution in [0.4, 0.5) is 0 Å². The molecule has 0 unspecified atom stereocenters. The summed E-state index contributed by atoms with van der Waals surface area (Å²) in [6.45, 7) is 3.04. The second-order valence-corrected chi connectivity index (χ2v) is 7.41. The van der Waals surface area contributed by atoms with Gasteiger partial charge in [0, 0.05) is 22.3 Å². The quantitative estimate of drug-likeness (QED) is 0.412. The molecule has 0 aliphatic carbocycles. The van der Waals surface area contributed by atoms with Crippen LogP contribution in [-0.2, 0) is 18.7 Å². The van der Waals surface area contributed by atoms with Gasteiger partial charge < -0.3 is 4.57 Å². The lowest BCUT2D eigenvalue weighted by atomic mass is 10.1. The van der Waals surface area contributed by atoms with Gasteiger partial charge >= 0.3 is 0 Å². The average Bonchev–Trinajstić information content (AvgIpc) is 2.97. The van der Waals surface area contributed by atoms with Crippen LogP contribution in [-0.4, -0.2) is 14.8 Å². The Morgan fingerprint density at radius 3 is 2.39 bits per heavy atom. The Bertz CT molecular complexity index is 754. The van der Waals surface area contributed by atoms with Crippen LogP contribution < -0.4 is 0 Å². The van der Waals surface area contributed by atoms with Crippen molar-refractivity contribution in [1.29, 1.82) is 0 Å². The number of thioether (sulfide) groups is 1. The molecule has 3 nitrogen and oxygen atoms in total. The molecule has 5 heteroatoms. The third-order valence-electron chi connectivity index (χ3n) is 3.60. The molecule has 1 aromatic heterocycles. The summed E-state index contributed by atoms with van der Waals surface area (Å²) in [7, 11) is 0. The second kappa shape index (κ2) is 7.97. The van der Waals surface area contributed by atoms with Gasteiger partial charge in [-0.1, -0.05) is 54.2 Å². The molecular formula is C18H18IN3S. The van der Waals surface area contributed by atoms with Crippen LogP contribution in [0, 0.1) is 3.57 Å². The first kappa shape index (κ1) is 16.5. The summed E-state index contributed by atoms with van der Waals surface area (Å²) in [6, 6.07) is 19.1. The Labute approximate surface area is 154 Å². The van der Waals surface area contributed by atoms with Crippen molar-refractivity contribution in [3.8, 4) is 0 Å². The first-order valence-electron chi connectivity index (χ1n) is 7.59. The van der Waals surface area contributed by atoms with E-state index in [4.69, 9.17) is 0 Å². The summed E-state index contributed by atoms with van der Waals surface area (Å²) in [5.74, 6) is 1.95.